The van der Waals surface area contributed by atoms with Crippen molar-refractivity contribution in [2.75, 3.05) is 39.3 Å². The van der Waals surface area contributed by atoms with Gasteiger partial charge in [0.1, 0.15) is 12.6 Å². The van der Waals surface area contributed by atoms with Crippen molar-refractivity contribution < 1.29 is 24.4 Å². The van der Waals surface area contributed by atoms with Crippen LogP contribution in [0.4, 0.5) is 10.5 Å². The molecule has 0 spiro atoms. The number of carbonyl (C=O) groups excluding carboxylic acids is 1. The number of nitro groups is 1. The largest absolute Gasteiger partial charge is 0.480 e. The number of nitro benzene ring substituents is 1. The topological polar surface area (TPSA) is 116 Å². The second-order valence-electron chi connectivity index (χ2n) is 12.0. The molecule has 2 aromatic carbocycles. The fourth-order valence-corrected chi connectivity index (χ4v) is 6.61. The molecule has 0 aromatic heterocycles. The number of carboxylic acid groups (broad SMARTS) is 1. The Balaban J connectivity index is 1.35. The highest BCUT2D eigenvalue weighted by Crippen LogP contribution is 2.36. The average molecular weight is 581 g/mol. The van der Waals surface area contributed by atoms with E-state index in [9.17, 15) is 24.8 Å². The number of hydrogen-bond acceptors (Lipinski definition) is 7. The van der Waals surface area contributed by atoms with Crippen molar-refractivity contribution in [1.82, 2.24) is 14.7 Å². The number of piperidine rings is 1. The predicted molar refractivity (Wildman–Crippen MR) is 160 cm³/mol. The Kier molecular flexibility index (Phi) is 10.9. The fraction of sp³-hybridized carbons (Fsp3) is 0.562. The molecule has 10 nitrogen and oxygen atoms in total. The molecular weight excluding hydrogens is 536 g/mol. The summed E-state index contributed by atoms with van der Waals surface area (Å²) in [6.45, 7) is 10.8. The Morgan fingerprint density at radius 3 is 2.31 bits per heavy atom. The van der Waals surface area contributed by atoms with Crippen molar-refractivity contribution in [3.63, 3.8) is 0 Å². The lowest BCUT2D eigenvalue weighted by atomic mass is 9.88. The molecule has 0 radical (unpaired) electrons. The summed E-state index contributed by atoms with van der Waals surface area (Å²) in [5.41, 5.74) is 1.98. The maximum absolute atomic E-state index is 13.1. The summed E-state index contributed by atoms with van der Waals surface area (Å²) in [6.07, 6.45) is 2.17. The van der Waals surface area contributed by atoms with E-state index in [1.807, 2.05) is 31.7 Å². The molecule has 10 heteroatoms. The van der Waals surface area contributed by atoms with Gasteiger partial charge in [-0.1, -0.05) is 51.1 Å². The standard InChI is InChI=1S/C32H44N4O6/c1-4-16-35(32(39)42-22-24-10-12-28(13-11-24)36(40)41)27-14-17-33(18-15-27)19-26-20-34(30(23(2)3)31(37)38)21-29(26)25-8-6-5-7-9-25/h5-13,23,26-27,29-30H,4,14-22H2,1-3H3,(H,37,38). The van der Waals surface area contributed by atoms with Gasteiger partial charge in [0.15, 0.2) is 0 Å². The van der Waals surface area contributed by atoms with Crippen LogP contribution in [0.1, 0.15) is 57.1 Å². The van der Waals surface area contributed by atoms with Crippen LogP contribution in [-0.2, 0) is 16.1 Å². The van der Waals surface area contributed by atoms with E-state index in [0.29, 0.717) is 18.0 Å². The van der Waals surface area contributed by atoms with Crippen LogP contribution in [0, 0.1) is 22.0 Å². The molecule has 4 rings (SSSR count). The molecule has 0 saturated carbocycles. The average Bonchev–Trinajstić information content (AvgIpc) is 3.38. The highest BCUT2D eigenvalue weighted by Gasteiger charge is 2.41. The van der Waals surface area contributed by atoms with Crippen molar-refractivity contribution in [3.8, 4) is 0 Å². The molecule has 0 aliphatic carbocycles. The molecule has 3 atom stereocenters. The van der Waals surface area contributed by atoms with E-state index in [0.717, 1.165) is 52.0 Å². The molecule has 2 aliphatic rings. The number of aliphatic carboxylic acids is 1. The highest BCUT2D eigenvalue weighted by molar-refractivity contribution is 5.74. The van der Waals surface area contributed by atoms with Crippen molar-refractivity contribution in [2.45, 2.75) is 64.6 Å². The van der Waals surface area contributed by atoms with Crippen LogP contribution in [-0.4, -0.2) is 88.1 Å². The lowest BCUT2D eigenvalue weighted by molar-refractivity contribution is -0.384. The maximum atomic E-state index is 13.1. The van der Waals surface area contributed by atoms with Gasteiger partial charge in [0, 0.05) is 63.4 Å². The molecule has 1 amide bonds. The molecule has 2 aromatic rings. The molecule has 2 saturated heterocycles. The van der Waals surface area contributed by atoms with E-state index in [4.69, 9.17) is 4.74 Å². The van der Waals surface area contributed by atoms with E-state index in [-0.39, 0.29) is 36.3 Å². The van der Waals surface area contributed by atoms with E-state index in [2.05, 4.69) is 34.1 Å². The van der Waals surface area contributed by atoms with Crippen molar-refractivity contribution in [1.29, 1.82) is 0 Å². The zero-order valence-electron chi connectivity index (χ0n) is 24.9. The lowest BCUT2D eigenvalue weighted by Crippen LogP contribution is -2.49. The Hall–Kier alpha value is -3.50. The van der Waals surface area contributed by atoms with Crippen molar-refractivity contribution in [2.24, 2.45) is 11.8 Å². The smallest absolute Gasteiger partial charge is 0.410 e. The van der Waals surface area contributed by atoms with Gasteiger partial charge in [-0.3, -0.25) is 19.8 Å². The first kappa shape index (κ1) is 31.4. The fourth-order valence-electron chi connectivity index (χ4n) is 6.61. The van der Waals surface area contributed by atoms with Crippen LogP contribution in [0.25, 0.3) is 0 Å². The molecule has 2 heterocycles. The third-order valence-electron chi connectivity index (χ3n) is 8.67. The minimum Gasteiger partial charge on any atom is -0.480 e. The highest BCUT2D eigenvalue weighted by atomic mass is 16.6. The minimum atomic E-state index is -0.755. The number of ether oxygens (including phenoxy) is 1. The lowest BCUT2D eigenvalue weighted by Gasteiger charge is -2.39. The summed E-state index contributed by atoms with van der Waals surface area (Å²) in [6, 6.07) is 16.1. The zero-order valence-corrected chi connectivity index (χ0v) is 24.9. The van der Waals surface area contributed by atoms with Crippen LogP contribution in [0.15, 0.2) is 54.6 Å². The first-order valence-electron chi connectivity index (χ1n) is 15.1. The van der Waals surface area contributed by atoms with Crippen molar-refractivity contribution in [3.05, 3.63) is 75.8 Å². The van der Waals surface area contributed by atoms with Crippen LogP contribution in [0.2, 0.25) is 0 Å². The Morgan fingerprint density at radius 2 is 1.74 bits per heavy atom. The summed E-state index contributed by atoms with van der Waals surface area (Å²) in [7, 11) is 0. The third kappa shape index (κ3) is 7.86. The molecule has 1 N–H and O–H groups in total. The zero-order chi connectivity index (χ0) is 30.2. The maximum Gasteiger partial charge on any atom is 0.410 e. The van der Waals surface area contributed by atoms with E-state index in [1.165, 1.54) is 17.7 Å². The van der Waals surface area contributed by atoms with Crippen LogP contribution in [0.3, 0.4) is 0 Å². The van der Waals surface area contributed by atoms with E-state index >= 15 is 0 Å². The van der Waals surface area contributed by atoms with Gasteiger partial charge >= 0.3 is 12.1 Å². The first-order chi connectivity index (χ1) is 20.2. The number of non-ortho nitro benzene ring substituents is 1. The second-order valence-corrected chi connectivity index (χ2v) is 12.0. The quantitative estimate of drug-likeness (QED) is 0.268. The van der Waals surface area contributed by atoms with Gasteiger partial charge in [-0.05, 0) is 54.4 Å². The number of nitrogens with zero attached hydrogens (tertiary/aromatic N) is 4. The SMILES string of the molecule is CCCN(C(=O)OCc1ccc([N+](=O)[O-])cc1)C1CCN(CC2CN(C(C(=O)O)C(C)C)CC2c2ccccc2)CC1. The molecule has 42 heavy (non-hydrogen) atoms. The molecule has 2 fully saturated rings. The molecule has 228 valence electrons. The first-order valence-corrected chi connectivity index (χ1v) is 15.1. The second kappa shape index (κ2) is 14.6. The van der Waals surface area contributed by atoms with Crippen LogP contribution >= 0.6 is 0 Å². The monoisotopic (exact) mass is 580 g/mol. The normalized spacial score (nSPS) is 20.9. The molecule has 3 unspecified atom stereocenters. The number of likely N-dealkylation sites (tertiary alicyclic amines) is 2. The summed E-state index contributed by atoms with van der Waals surface area (Å²) in [5.74, 6) is -0.133. The number of hydrogen-bond donors (Lipinski definition) is 1. The minimum absolute atomic E-state index is 0.00599. The summed E-state index contributed by atoms with van der Waals surface area (Å²) in [5, 5.41) is 20.8. The number of benzene rings is 2. The van der Waals surface area contributed by atoms with Gasteiger partial charge in [-0.25, -0.2) is 4.79 Å². The number of amides is 1. The predicted octanol–water partition coefficient (Wildman–Crippen LogP) is 5.23. The Labute approximate surface area is 248 Å². The van der Waals surface area contributed by atoms with Crippen LogP contribution in [0.5, 0.6) is 0 Å². The summed E-state index contributed by atoms with van der Waals surface area (Å²) in [4.78, 5) is 42.1. The molecule has 0 bridgehead atoms. The summed E-state index contributed by atoms with van der Waals surface area (Å²) >= 11 is 0. The van der Waals surface area contributed by atoms with Gasteiger partial charge in [0.05, 0.1) is 4.92 Å². The Bertz CT molecular complexity index is 1180. The van der Waals surface area contributed by atoms with E-state index in [1.54, 1.807) is 12.1 Å². The Morgan fingerprint density at radius 1 is 1.07 bits per heavy atom. The van der Waals surface area contributed by atoms with Gasteiger partial charge < -0.3 is 19.6 Å². The number of rotatable bonds is 12. The van der Waals surface area contributed by atoms with E-state index < -0.39 is 16.9 Å². The summed E-state index contributed by atoms with van der Waals surface area (Å²) < 4.78 is 5.62. The number of carboxylic acids is 1. The van der Waals surface area contributed by atoms with Crippen LogP contribution < -0.4 is 0 Å². The van der Waals surface area contributed by atoms with Crippen molar-refractivity contribution >= 4 is 17.7 Å². The molecular formula is C32H44N4O6. The van der Waals surface area contributed by atoms with Gasteiger partial charge in [-0.15, -0.1) is 0 Å². The van der Waals surface area contributed by atoms with Gasteiger partial charge in [0.2, 0.25) is 0 Å². The van der Waals surface area contributed by atoms with Gasteiger partial charge in [0.25, 0.3) is 5.69 Å². The van der Waals surface area contributed by atoms with Gasteiger partial charge in [-0.2, -0.15) is 0 Å². The number of carbonyl (C=O) groups is 2. The third-order valence-corrected chi connectivity index (χ3v) is 8.67. The molecule has 2 aliphatic heterocycles.